The largest absolute Gasteiger partial charge is 0.497 e. The molecule has 2 aromatic carbocycles. The van der Waals surface area contributed by atoms with Crippen LogP contribution in [0.5, 0.6) is 5.75 Å². The molecule has 10 nitrogen and oxygen atoms in total. The van der Waals surface area contributed by atoms with Gasteiger partial charge in [-0.3, -0.25) is 14.9 Å². The highest BCUT2D eigenvalue weighted by molar-refractivity contribution is 7.99. The number of benzene rings is 2. The van der Waals surface area contributed by atoms with Crippen molar-refractivity contribution in [3.8, 4) is 17.1 Å². The molecule has 3 rings (SSSR count). The third-order valence-electron chi connectivity index (χ3n) is 4.20. The van der Waals surface area contributed by atoms with Gasteiger partial charge in [0.2, 0.25) is 0 Å². The Hall–Kier alpha value is -3.73. The summed E-state index contributed by atoms with van der Waals surface area (Å²) in [6.45, 7) is 2.62. The van der Waals surface area contributed by atoms with Gasteiger partial charge in [-0.25, -0.2) is 5.43 Å². The van der Waals surface area contributed by atoms with Gasteiger partial charge in [0.1, 0.15) is 5.75 Å². The molecule has 0 unspecified atom stereocenters. The Morgan fingerprint density at radius 2 is 2.06 bits per heavy atom. The Morgan fingerprint density at radius 1 is 1.29 bits per heavy atom. The van der Waals surface area contributed by atoms with E-state index in [9.17, 15) is 14.9 Å². The maximum absolute atomic E-state index is 12.1. The van der Waals surface area contributed by atoms with Gasteiger partial charge in [0.05, 0.1) is 24.0 Å². The monoisotopic (exact) mass is 440 g/mol. The molecule has 11 heteroatoms. The van der Waals surface area contributed by atoms with Crippen LogP contribution >= 0.6 is 11.8 Å². The number of carbonyl (C=O) groups excluding carboxylic acids is 1. The van der Waals surface area contributed by atoms with E-state index < -0.39 is 4.92 Å². The summed E-state index contributed by atoms with van der Waals surface area (Å²) in [6.07, 6.45) is 1.35. The summed E-state index contributed by atoms with van der Waals surface area (Å²) in [7, 11) is 1.61. The summed E-state index contributed by atoms with van der Waals surface area (Å²) < 4.78 is 7.10. The number of carbonyl (C=O) groups is 1. The molecule has 0 aliphatic rings. The number of ether oxygens (including phenoxy) is 1. The fourth-order valence-electron chi connectivity index (χ4n) is 2.69. The highest BCUT2D eigenvalue weighted by atomic mass is 32.2. The number of nitrogens with one attached hydrogen (secondary N) is 1. The number of hydrogen-bond donors (Lipinski definition) is 1. The van der Waals surface area contributed by atoms with Gasteiger partial charge in [-0.15, -0.1) is 10.2 Å². The fourth-order valence-corrected chi connectivity index (χ4v) is 3.49. The summed E-state index contributed by atoms with van der Waals surface area (Å²) in [6, 6.07) is 13.5. The van der Waals surface area contributed by atoms with Crippen molar-refractivity contribution in [3.05, 3.63) is 64.2 Å². The van der Waals surface area contributed by atoms with Crippen LogP contribution in [-0.2, 0) is 11.3 Å². The number of non-ortho nitro benzene ring substituents is 1. The average Bonchev–Trinajstić information content (AvgIpc) is 3.21. The van der Waals surface area contributed by atoms with Crippen LogP contribution in [0.4, 0.5) is 5.69 Å². The average molecular weight is 440 g/mol. The van der Waals surface area contributed by atoms with Crippen LogP contribution < -0.4 is 10.2 Å². The lowest BCUT2D eigenvalue weighted by Gasteiger charge is -2.07. The molecule has 31 heavy (non-hydrogen) atoms. The summed E-state index contributed by atoms with van der Waals surface area (Å²) in [4.78, 5) is 22.4. The zero-order valence-electron chi connectivity index (χ0n) is 16.9. The number of nitro benzene ring substituents is 1. The summed E-state index contributed by atoms with van der Waals surface area (Å²) >= 11 is 1.24. The number of nitro groups is 1. The molecule has 0 bridgehead atoms. The van der Waals surface area contributed by atoms with E-state index >= 15 is 0 Å². The van der Waals surface area contributed by atoms with Crippen molar-refractivity contribution >= 4 is 29.6 Å². The first-order valence-corrected chi connectivity index (χ1v) is 10.3. The van der Waals surface area contributed by atoms with Gasteiger partial charge < -0.3 is 9.30 Å². The lowest BCUT2D eigenvalue weighted by molar-refractivity contribution is -0.384. The Balaban J connectivity index is 1.59. The van der Waals surface area contributed by atoms with Crippen LogP contribution in [0.2, 0.25) is 0 Å². The SMILES string of the molecule is CCn1c(SCC(=O)N/N=C/c2cccc([N+](=O)[O-])c2)nnc1-c1ccc(OC)cc1. The molecule has 0 aliphatic carbocycles. The Morgan fingerprint density at radius 3 is 2.74 bits per heavy atom. The van der Waals surface area contributed by atoms with E-state index in [1.165, 1.54) is 30.1 Å². The molecule has 0 spiro atoms. The van der Waals surface area contributed by atoms with Gasteiger partial charge in [0.25, 0.3) is 11.6 Å². The van der Waals surface area contributed by atoms with Crippen molar-refractivity contribution in [2.24, 2.45) is 5.10 Å². The molecule has 0 fully saturated rings. The second-order valence-corrected chi connectivity index (χ2v) is 7.16. The van der Waals surface area contributed by atoms with E-state index in [0.29, 0.717) is 23.1 Å². The van der Waals surface area contributed by atoms with Crippen molar-refractivity contribution in [1.82, 2.24) is 20.2 Å². The normalized spacial score (nSPS) is 10.9. The van der Waals surface area contributed by atoms with E-state index in [2.05, 4.69) is 20.7 Å². The highest BCUT2D eigenvalue weighted by Crippen LogP contribution is 2.25. The van der Waals surface area contributed by atoms with Crippen molar-refractivity contribution in [1.29, 1.82) is 0 Å². The molecule has 0 aliphatic heterocycles. The molecular formula is C20H20N6O4S. The molecule has 1 heterocycles. The number of thioether (sulfide) groups is 1. The zero-order chi connectivity index (χ0) is 22.2. The van der Waals surface area contributed by atoms with Gasteiger partial charge in [-0.1, -0.05) is 23.9 Å². The van der Waals surface area contributed by atoms with Gasteiger partial charge in [-0.05, 0) is 31.2 Å². The third kappa shape index (κ3) is 5.66. The summed E-state index contributed by atoms with van der Waals surface area (Å²) in [5, 5.41) is 23.7. The van der Waals surface area contributed by atoms with Crippen LogP contribution in [0.15, 0.2) is 58.8 Å². The van der Waals surface area contributed by atoms with Crippen molar-refractivity contribution in [2.75, 3.05) is 12.9 Å². The minimum absolute atomic E-state index is 0.0441. The third-order valence-corrected chi connectivity index (χ3v) is 5.16. The molecule has 160 valence electrons. The second-order valence-electron chi connectivity index (χ2n) is 6.21. The number of methoxy groups -OCH3 is 1. The number of aromatic nitrogens is 3. The molecular weight excluding hydrogens is 420 g/mol. The van der Waals surface area contributed by atoms with Gasteiger partial charge >= 0.3 is 0 Å². The van der Waals surface area contributed by atoms with Gasteiger partial charge in [-0.2, -0.15) is 5.10 Å². The first-order valence-electron chi connectivity index (χ1n) is 9.28. The Kier molecular flexibility index (Phi) is 7.33. The van der Waals surface area contributed by atoms with E-state index in [-0.39, 0.29) is 17.3 Å². The van der Waals surface area contributed by atoms with Crippen LogP contribution in [0.1, 0.15) is 12.5 Å². The molecule has 1 aromatic heterocycles. The molecule has 0 atom stereocenters. The van der Waals surface area contributed by atoms with Gasteiger partial charge in [0, 0.05) is 29.8 Å². The van der Waals surface area contributed by atoms with E-state index in [0.717, 1.165) is 11.3 Å². The van der Waals surface area contributed by atoms with Crippen LogP contribution in [0.3, 0.4) is 0 Å². The van der Waals surface area contributed by atoms with E-state index in [4.69, 9.17) is 4.74 Å². The molecule has 1 N–H and O–H groups in total. The highest BCUT2D eigenvalue weighted by Gasteiger charge is 2.14. The number of nitrogens with zero attached hydrogens (tertiary/aromatic N) is 5. The molecule has 3 aromatic rings. The quantitative estimate of drug-likeness (QED) is 0.235. The van der Waals surface area contributed by atoms with E-state index in [1.54, 1.807) is 19.2 Å². The van der Waals surface area contributed by atoms with Crippen LogP contribution in [0, 0.1) is 10.1 Å². The lowest BCUT2D eigenvalue weighted by Crippen LogP contribution is -2.20. The Labute approximate surface area is 182 Å². The topological polar surface area (TPSA) is 125 Å². The smallest absolute Gasteiger partial charge is 0.270 e. The standard InChI is InChI=1S/C20H20N6O4S/c1-3-25-19(15-7-9-17(30-2)10-8-15)23-24-20(25)31-13-18(27)22-21-12-14-5-4-6-16(11-14)26(28)29/h4-12H,3,13H2,1-2H3,(H,22,27)/b21-12+. The minimum Gasteiger partial charge on any atom is -0.497 e. The number of amides is 1. The van der Waals surface area contributed by atoms with Crippen LogP contribution in [0.25, 0.3) is 11.4 Å². The first-order chi connectivity index (χ1) is 15.0. The van der Waals surface area contributed by atoms with Crippen molar-refractivity contribution < 1.29 is 14.5 Å². The van der Waals surface area contributed by atoms with E-state index in [1.807, 2.05) is 35.8 Å². The lowest BCUT2D eigenvalue weighted by atomic mass is 10.2. The van der Waals surface area contributed by atoms with Crippen LogP contribution in [-0.4, -0.2) is 44.7 Å². The number of hydrazone groups is 1. The number of hydrogen-bond acceptors (Lipinski definition) is 8. The van der Waals surface area contributed by atoms with Crippen molar-refractivity contribution in [3.63, 3.8) is 0 Å². The Bertz CT molecular complexity index is 1100. The maximum atomic E-state index is 12.1. The van der Waals surface area contributed by atoms with Crippen molar-refractivity contribution in [2.45, 2.75) is 18.6 Å². The minimum atomic E-state index is -0.489. The molecule has 0 radical (unpaired) electrons. The molecule has 1 amide bonds. The molecule has 0 saturated heterocycles. The fraction of sp³-hybridized carbons (Fsp3) is 0.200. The zero-order valence-corrected chi connectivity index (χ0v) is 17.7. The maximum Gasteiger partial charge on any atom is 0.270 e. The number of rotatable bonds is 9. The predicted octanol–water partition coefficient (Wildman–Crippen LogP) is 3.12. The summed E-state index contributed by atoms with van der Waals surface area (Å²) in [5.41, 5.74) is 3.77. The first kappa shape index (κ1) is 22.0. The summed E-state index contributed by atoms with van der Waals surface area (Å²) in [5.74, 6) is 1.22. The van der Waals surface area contributed by atoms with Gasteiger partial charge in [0.15, 0.2) is 11.0 Å². The predicted molar refractivity (Wildman–Crippen MR) is 117 cm³/mol. The molecule has 0 saturated carbocycles. The second kappa shape index (κ2) is 10.3.